The number of ether oxygens (including phenoxy) is 2. The Balaban J connectivity index is 0.00000400. The molecule has 6 nitrogen and oxygen atoms in total. The number of sulfone groups is 1. The van der Waals surface area contributed by atoms with Crippen LogP contribution >= 0.6 is 12.4 Å². The quantitative estimate of drug-likeness (QED) is 0.743. The van der Waals surface area contributed by atoms with Gasteiger partial charge in [-0.2, -0.15) is 0 Å². The fourth-order valence-corrected chi connectivity index (χ4v) is 3.31. The number of halogens is 1. The minimum Gasteiger partial charge on any atom is -0.497 e. The van der Waals surface area contributed by atoms with Crippen molar-refractivity contribution >= 4 is 28.2 Å². The van der Waals surface area contributed by atoms with Gasteiger partial charge in [0.05, 0.1) is 32.1 Å². The first-order valence-corrected chi connectivity index (χ1v) is 7.84. The van der Waals surface area contributed by atoms with Crippen molar-refractivity contribution < 1.29 is 22.7 Å². The summed E-state index contributed by atoms with van der Waals surface area (Å²) in [6.45, 7) is 0. The van der Waals surface area contributed by atoms with Gasteiger partial charge in [-0.15, -0.1) is 12.4 Å². The number of carbonyl (C=O) groups is 1. The molecule has 0 bridgehead atoms. The highest BCUT2D eigenvalue weighted by atomic mass is 35.5. The second-order valence-corrected chi connectivity index (χ2v) is 6.55. The van der Waals surface area contributed by atoms with Crippen LogP contribution in [0, 0.1) is 0 Å². The number of hydrogen-bond donors (Lipinski definition) is 1. The van der Waals surface area contributed by atoms with Crippen molar-refractivity contribution in [3.05, 3.63) is 29.8 Å². The van der Waals surface area contributed by atoms with E-state index in [0.717, 1.165) is 0 Å². The van der Waals surface area contributed by atoms with Crippen LogP contribution in [-0.4, -0.2) is 40.4 Å². The molecule has 0 heterocycles. The van der Waals surface area contributed by atoms with Crippen LogP contribution in [0.2, 0.25) is 0 Å². The normalized spacial score (nSPS) is 12.1. The second-order valence-electron chi connectivity index (χ2n) is 4.44. The number of rotatable bonds is 7. The molecule has 0 radical (unpaired) electrons. The number of esters is 1. The van der Waals surface area contributed by atoms with E-state index in [-0.39, 0.29) is 30.3 Å². The van der Waals surface area contributed by atoms with E-state index in [4.69, 9.17) is 10.5 Å². The summed E-state index contributed by atoms with van der Waals surface area (Å²) < 4.78 is 33.4. The van der Waals surface area contributed by atoms with Gasteiger partial charge in [0.2, 0.25) is 0 Å². The summed E-state index contributed by atoms with van der Waals surface area (Å²) in [6, 6.07) is 5.99. The van der Waals surface area contributed by atoms with Gasteiger partial charge in [-0.1, -0.05) is 12.1 Å². The van der Waals surface area contributed by atoms with Crippen LogP contribution in [0.3, 0.4) is 0 Å². The van der Waals surface area contributed by atoms with Gasteiger partial charge in [0, 0.05) is 6.04 Å². The number of methoxy groups -OCH3 is 2. The molecule has 0 fully saturated rings. The van der Waals surface area contributed by atoms with Crippen molar-refractivity contribution in [1.29, 1.82) is 0 Å². The Bertz CT molecular complexity index is 544. The molecule has 0 unspecified atom stereocenters. The third kappa shape index (κ3) is 7.31. The second kappa shape index (κ2) is 8.86. The van der Waals surface area contributed by atoms with Gasteiger partial charge < -0.3 is 15.2 Å². The maximum atomic E-state index is 12.0. The molecular weight excluding hydrogens is 318 g/mol. The van der Waals surface area contributed by atoms with Gasteiger partial charge in [-0.05, 0) is 17.7 Å². The Morgan fingerprint density at radius 3 is 2.29 bits per heavy atom. The fraction of sp³-hybridized carbons (Fsp3) is 0.462. The maximum absolute atomic E-state index is 12.0. The van der Waals surface area contributed by atoms with Crippen LogP contribution in [0.25, 0.3) is 0 Å². The molecular formula is C13H20ClNO5S. The lowest BCUT2D eigenvalue weighted by Crippen LogP contribution is -2.32. The number of nitrogens with two attached hydrogens (primary N) is 1. The molecule has 1 aromatic carbocycles. The Kier molecular flexibility index (Phi) is 8.31. The van der Waals surface area contributed by atoms with Crippen LogP contribution in [0.5, 0.6) is 5.75 Å². The van der Waals surface area contributed by atoms with Crippen LogP contribution in [-0.2, 0) is 25.1 Å². The number of carbonyl (C=O) groups excluding carboxylic acids is 1. The Morgan fingerprint density at radius 2 is 1.81 bits per heavy atom. The zero-order valence-electron chi connectivity index (χ0n) is 11.9. The van der Waals surface area contributed by atoms with E-state index in [1.807, 2.05) is 0 Å². The molecule has 1 atom stereocenters. The predicted octanol–water partition coefficient (Wildman–Crippen LogP) is 0.922. The summed E-state index contributed by atoms with van der Waals surface area (Å²) in [5, 5.41) is 0. The van der Waals surface area contributed by atoms with E-state index in [0.29, 0.717) is 11.3 Å². The average Bonchev–Trinajstić information content (AvgIpc) is 2.38. The van der Waals surface area contributed by atoms with Crippen LogP contribution in [0.4, 0.5) is 0 Å². The molecule has 0 aliphatic rings. The molecule has 2 N–H and O–H groups in total. The third-order valence-corrected chi connectivity index (χ3v) is 4.38. The van der Waals surface area contributed by atoms with Gasteiger partial charge in [-0.3, -0.25) is 4.79 Å². The lowest BCUT2D eigenvalue weighted by molar-refractivity contribution is -0.140. The van der Waals surface area contributed by atoms with Crippen LogP contribution in [0.1, 0.15) is 12.0 Å². The van der Waals surface area contributed by atoms with Gasteiger partial charge in [0.15, 0.2) is 9.84 Å². The molecule has 8 heteroatoms. The SMILES string of the molecule is COC(=O)C[C@@H](N)CS(=O)(=O)Cc1ccc(OC)cc1.Cl. The van der Waals surface area contributed by atoms with Gasteiger partial charge in [0.1, 0.15) is 5.75 Å². The summed E-state index contributed by atoms with van der Waals surface area (Å²) in [6.07, 6.45) is -0.113. The van der Waals surface area contributed by atoms with E-state index < -0.39 is 21.8 Å². The Hall–Kier alpha value is -1.31. The lowest BCUT2D eigenvalue weighted by atomic mass is 10.2. The first-order chi connectivity index (χ1) is 9.36. The summed E-state index contributed by atoms with van der Waals surface area (Å²) in [5.74, 6) is -0.231. The van der Waals surface area contributed by atoms with Gasteiger partial charge >= 0.3 is 5.97 Å². The number of benzene rings is 1. The summed E-state index contributed by atoms with van der Waals surface area (Å²) >= 11 is 0. The summed E-state index contributed by atoms with van der Waals surface area (Å²) in [5.41, 5.74) is 6.28. The standard InChI is InChI=1S/C13H19NO5S.ClH/c1-18-12-5-3-10(4-6-12)8-20(16,17)9-11(14)7-13(15)19-2;/h3-6,11H,7-9,14H2,1-2H3;1H/t11-;/m1./s1. The van der Waals surface area contributed by atoms with E-state index in [1.165, 1.54) is 14.2 Å². The van der Waals surface area contributed by atoms with Crippen molar-refractivity contribution in [1.82, 2.24) is 0 Å². The molecule has 0 amide bonds. The van der Waals surface area contributed by atoms with Crippen molar-refractivity contribution in [2.75, 3.05) is 20.0 Å². The maximum Gasteiger partial charge on any atom is 0.307 e. The van der Waals surface area contributed by atoms with Crippen molar-refractivity contribution in [2.45, 2.75) is 18.2 Å². The number of hydrogen-bond acceptors (Lipinski definition) is 6. The minimum atomic E-state index is -3.38. The van der Waals surface area contributed by atoms with Crippen LogP contribution in [0.15, 0.2) is 24.3 Å². The highest BCUT2D eigenvalue weighted by Crippen LogP contribution is 2.14. The minimum absolute atomic E-state index is 0. The van der Waals surface area contributed by atoms with E-state index in [1.54, 1.807) is 24.3 Å². The zero-order chi connectivity index (χ0) is 15.2. The van der Waals surface area contributed by atoms with Crippen molar-refractivity contribution in [2.24, 2.45) is 5.73 Å². The highest BCUT2D eigenvalue weighted by molar-refractivity contribution is 7.90. The van der Waals surface area contributed by atoms with Crippen LogP contribution < -0.4 is 10.5 Å². The third-order valence-electron chi connectivity index (χ3n) is 2.67. The molecule has 0 spiro atoms. The fourth-order valence-electron chi connectivity index (χ4n) is 1.72. The first kappa shape index (κ1) is 19.7. The molecule has 1 aromatic rings. The lowest BCUT2D eigenvalue weighted by Gasteiger charge is -2.11. The topological polar surface area (TPSA) is 95.7 Å². The predicted molar refractivity (Wildman–Crippen MR) is 82.3 cm³/mol. The molecule has 0 saturated heterocycles. The average molecular weight is 338 g/mol. The molecule has 0 saturated carbocycles. The Morgan fingerprint density at radius 1 is 1.24 bits per heavy atom. The van der Waals surface area contributed by atoms with E-state index >= 15 is 0 Å². The summed E-state index contributed by atoms with van der Waals surface area (Å²) in [4.78, 5) is 11.0. The van der Waals surface area contributed by atoms with Gasteiger partial charge in [-0.25, -0.2) is 8.42 Å². The molecule has 0 aliphatic heterocycles. The summed E-state index contributed by atoms with van der Waals surface area (Å²) in [7, 11) is -0.605. The van der Waals surface area contributed by atoms with Crippen molar-refractivity contribution in [3.8, 4) is 5.75 Å². The Labute approximate surface area is 130 Å². The molecule has 120 valence electrons. The smallest absolute Gasteiger partial charge is 0.307 e. The van der Waals surface area contributed by atoms with E-state index in [2.05, 4.69) is 4.74 Å². The van der Waals surface area contributed by atoms with Crippen molar-refractivity contribution in [3.63, 3.8) is 0 Å². The highest BCUT2D eigenvalue weighted by Gasteiger charge is 2.19. The molecule has 0 aromatic heterocycles. The monoisotopic (exact) mass is 337 g/mol. The zero-order valence-corrected chi connectivity index (χ0v) is 13.6. The van der Waals surface area contributed by atoms with E-state index in [9.17, 15) is 13.2 Å². The molecule has 0 aliphatic carbocycles. The largest absolute Gasteiger partial charge is 0.497 e. The first-order valence-electron chi connectivity index (χ1n) is 6.02. The van der Waals surface area contributed by atoms with Gasteiger partial charge in [0.25, 0.3) is 0 Å². The molecule has 1 rings (SSSR count). The molecule has 21 heavy (non-hydrogen) atoms.